The Morgan fingerprint density at radius 2 is 1.90 bits per heavy atom. The largest absolute Gasteiger partial charge is 0.416 e. The summed E-state index contributed by atoms with van der Waals surface area (Å²) in [7, 11) is 0. The number of rotatable bonds is 5. The van der Waals surface area contributed by atoms with Crippen molar-refractivity contribution >= 4 is 29.2 Å². The molecule has 0 bridgehead atoms. The Labute approximate surface area is 173 Å². The Morgan fingerprint density at radius 1 is 1.20 bits per heavy atom. The number of ketones is 1. The normalized spacial score (nSPS) is 12.2. The van der Waals surface area contributed by atoms with Gasteiger partial charge in [-0.15, -0.1) is 17.5 Å². The molecule has 0 aliphatic carbocycles. The summed E-state index contributed by atoms with van der Waals surface area (Å²) in [4.78, 5) is 11.6. The third kappa shape index (κ3) is 4.65. The molecule has 3 aromatic rings. The van der Waals surface area contributed by atoms with Gasteiger partial charge in [-0.1, -0.05) is 5.21 Å². The maximum Gasteiger partial charge on any atom is 0.416 e. The monoisotopic (exact) mass is 446 g/mol. The van der Waals surface area contributed by atoms with Gasteiger partial charge in [0.15, 0.2) is 5.78 Å². The smallest absolute Gasteiger partial charge is 0.327 e. The Bertz CT molecular complexity index is 1120. The fourth-order valence-electron chi connectivity index (χ4n) is 2.84. The van der Waals surface area contributed by atoms with Gasteiger partial charge in [0.25, 0.3) is 0 Å². The van der Waals surface area contributed by atoms with Crippen molar-refractivity contribution in [2.24, 2.45) is 5.73 Å². The fraction of sp³-hybridized carbons (Fsp3) is 0.211. The SMILES string of the molecule is CC(=O)c1ccc(F)c(-c2cc(C(F)(F)F)cc3c2nnn3C/C(F)=C/CN)c1.Cl. The van der Waals surface area contributed by atoms with Crippen molar-refractivity contribution in [3.8, 4) is 11.1 Å². The average Bonchev–Trinajstić information content (AvgIpc) is 3.03. The Hall–Kier alpha value is -2.85. The van der Waals surface area contributed by atoms with Crippen LogP contribution in [0.5, 0.6) is 0 Å². The molecule has 30 heavy (non-hydrogen) atoms. The van der Waals surface area contributed by atoms with E-state index in [0.717, 1.165) is 35.0 Å². The molecule has 0 spiro atoms. The summed E-state index contributed by atoms with van der Waals surface area (Å²) >= 11 is 0. The molecule has 0 amide bonds. The first-order valence-electron chi connectivity index (χ1n) is 8.41. The molecule has 3 rings (SSSR count). The molecule has 1 aromatic heterocycles. The van der Waals surface area contributed by atoms with Crippen LogP contribution in [-0.2, 0) is 12.7 Å². The van der Waals surface area contributed by atoms with Gasteiger partial charge in [0.05, 0.1) is 17.6 Å². The number of allylic oxidation sites excluding steroid dienone is 1. The van der Waals surface area contributed by atoms with Crippen LogP contribution >= 0.6 is 12.4 Å². The van der Waals surface area contributed by atoms with Gasteiger partial charge in [0, 0.05) is 23.2 Å². The zero-order valence-corrected chi connectivity index (χ0v) is 16.3. The lowest BCUT2D eigenvalue weighted by molar-refractivity contribution is -0.137. The van der Waals surface area contributed by atoms with E-state index in [1.807, 2.05) is 0 Å². The lowest BCUT2D eigenvalue weighted by atomic mass is 9.97. The number of aromatic nitrogens is 3. The van der Waals surface area contributed by atoms with E-state index in [1.54, 1.807) is 0 Å². The first-order valence-corrected chi connectivity index (χ1v) is 8.41. The summed E-state index contributed by atoms with van der Waals surface area (Å²) in [5.74, 6) is -1.92. The van der Waals surface area contributed by atoms with Crippen LogP contribution in [-0.4, -0.2) is 27.3 Å². The van der Waals surface area contributed by atoms with Crippen LogP contribution in [0.25, 0.3) is 22.2 Å². The summed E-state index contributed by atoms with van der Waals surface area (Å²) < 4.78 is 69.5. The topological polar surface area (TPSA) is 73.8 Å². The minimum atomic E-state index is -4.75. The van der Waals surface area contributed by atoms with Crippen molar-refractivity contribution in [3.63, 3.8) is 0 Å². The standard InChI is InChI=1S/C19H15F5N4O.ClH/c1-10(29)11-2-3-16(21)14(6-11)15-7-12(19(22,23)24)8-17-18(15)26-27-28(17)9-13(20)4-5-25;/h2-4,6-8H,5,9,25H2,1H3;1H/b13-4-;. The highest BCUT2D eigenvalue weighted by atomic mass is 35.5. The van der Waals surface area contributed by atoms with E-state index in [-0.39, 0.29) is 52.5 Å². The van der Waals surface area contributed by atoms with Gasteiger partial charge in [-0.25, -0.2) is 13.5 Å². The molecule has 0 aliphatic heterocycles. The van der Waals surface area contributed by atoms with Crippen LogP contribution in [0.3, 0.4) is 0 Å². The molecule has 11 heteroatoms. The van der Waals surface area contributed by atoms with Gasteiger partial charge < -0.3 is 5.73 Å². The second kappa shape index (κ2) is 8.88. The lowest BCUT2D eigenvalue weighted by Crippen LogP contribution is -2.07. The number of alkyl halides is 3. The predicted octanol–water partition coefficient (Wildman–Crippen LogP) is 4.69. The minimum Gasteiger partial charge on any atom is -0.327 e. The third-order valence-corrected chi connectivity index (χ3v) is 4.25. The molecule has 2 aromatic carbocycles. The maximum atomic E-state index is 14.5. The van der Waals surface area contributed by atoms with E-state index in [1.165, 1.54) is 13.0 Å². The fourth-order valence-corrected chi connectivity index (χ4v) is 2.84. The third-order valence-electron chi connectivity index (χ3n) is 4.25. The van der Waals surface area contributed by atoms with E-state index in [9.17, 15) is 26.7 Å². The molecule has 0 saturated heterocycles. The molecule has 160 valence electrons. The average molecular weight is 447 g/mol. The molecule has 0 saturated carbocycles. The number of hydrogen-bond donors (Lipinski definition) is 1. The van der Waals surface area contributed by atoms with Crippen molar-refractivity contribution in [2.75, 3.05) is 6.54 Å². The van der Waals surface area contributed by atoms with Gasteiger partial charge in [-0.3, -0.25) is 4.79 Å². The van der Waals surface area contributed by atoms with Crippen LogP contribution in [0, 0.1) is 5.82 Å². The molecular formula is C19H16ClF5N4O. The Balaban J connectivity index is 0.00000320. The molecule has 0 radical (unpaired) electrons. The predicted molar refractivity (Wildman–Crippen MR) is 103 cm³/mol. The maximum absolute atomic E-state index is 14.5. The summed E-state index contributed by atoms with van der Waals surface area (Å²) in [5, 5.41) is 7.52. The number of nitrogens with two attached hydrogens (primary N) is 1. The first-order chi connectivity index (χ1) is 13.6. The van der Waals surface area contributed by atoms with Crippen molar-refractivity contribution in [2.45, 2.75) is 19.6 Å². The number of fused-ring (bicyclic) bond motifs is 1. The zero-order chi connectivity index (χ0) is 21.3. The molecular weight excluding hydrogens is 431 g/mol. The van der Waals surface area contributed by atoms with E-state index in [0.29, 0.717) is 0 Å². The van der Waals surface area contributed by atoms with Gasteiger partial charge in [0.1, 0.15) is 17.2 Å². The van der Waals surface area contributed by atoms with Crippen LogP contribution in [0.2, 0.25) is 0 Å². The molecule has 1 heterocycles. The summed E-state index contributed by atoms with van der Waals surface area (Å²) in [6.45, 7) is 0.673. The second-order valence-corrected chi connectivity index (χ2v) is 6.27. The number of nitrogens with zero attached hydrogens (tertiary/aromatic N) is 3. The van der Waals surface area contributed by atoms with Gasteiger partial charge in [0.2, 0.25) is 0 Å². The van der Waals surface area contributed by atoms with Crippen LogP contribution in [0.15, 0.2) is 42.2 Å². The molecule has 5 nitrogen and oxygen atoms in total. The van der Waals surface area contributed by atoms with Crippen LogP contribution in [0.1, 0.15) is 22.8 Å². The second-order valence-electron chi connectivity index (χ2n) is 6.27. The Morgan fingerprint density at radius 3 is 2.50 bits per heavy atom. The summed E-state index contributed by atoms with van der Waals surface area (Å²) in [6, 6.07) is 4.87. The minimum absolute atomic E-state index is 0. The van der Waals surface area contributed by atoms with E-state index >= 15 is 0 Å². The van der Waals surface area contributed by atoms with Crippen LogP contribution < -0.4 is 5.73 Å². The van der Waals surface area contributed by atoms with E-state index < -0.39 is 29.9 Å². The van der Waals surface area contributed by atoms with Gasteiger partial charge in [-0.2, -0.15) is 13.2 Å². The molecule has 0 atom stereocenters. The molecule has 0 fully saturated rings. The van der Waals surface area contributed by atoms with Crippen molar-refractivity contribution in [3.05, 3.63) is 59.2 Å². The van der Waals surface area contributed by atoms with Gasteiger partial charge >= 0.3 is 6.18 Å². The number of halogens is 6. The number of carbonyl (C=O) groups excluding carboxylic acids is 1. The Kier molecular flexibility index (Phi) is 6.94. The van der Waals surface area contributed by atoms with E-state index in [2.05, 4.69) is 10.3 Å². The van der Waals surface area contributed by atoms with Crippen molar-refractivity contribution in [1.29, 1.82) is 0 Å². The number of hydrogen-bond acceptors (Lipinski definition) is 4. The summed E-state index contributed by atoms with van der Waals surface area (Å²) in [6.07, 6.45) is -3.70. The number of Topliss-reactive ketones (excluding diaryl/α,β-unsaturated/α-hetero) is 1. The molecule has 0 aliphatic rings. The van der Waals surface area contributed by atoms with Crippen molar-refractivity contribution < 1.29 is 26.7 Å². The number of benzene rings is 2. The highest BCUT2D eigenvalue weighted by molar-refractivity contribution is 5.98. The van der Waals surface area contributed by atoms with Crippen LogP contribution in [0.4, 0.5) is 22.0 Å². The molecule has 0 unspecified atom stereocenters. The van der Waals surface area contributed by atoms with E-state index in [4.69, 9.17) is 5.73 Å². The lowest BCUT2D eigenvalue weighted by Gasteiger charge is -2.12. The van der Waals surface area contributed by atoms with Crippen molar-refractivity contribution in [1.82, 2.24) is 15.0 Å². The zero-order valence-electron chi connectivity index (χ0n) is 15.5. The highest BCUT2D eigenvalue weighted by Crippen LogP contribution is 2.37. The summed E-state index contributed by atoms with van der Waals surface area (Å²) in [5.41, 5.74) is 3.63. The van der Waals surface area contributed by atoms with Gasteiger partial charge in [-0.05, 0) is 43.3 Å². The molecule has 2 N–H and O–H groups in total. The quantitative estimate of drug-likeness (QED) is 0.455. The first kappa shape index (κ1) is 23.4. The highest BCUT2D eigenvalue weighted by Gasteiger charge is 2.33. The number of carbonyl (C=O) groups is 1.